The van der Waals surface area contributed by atoms with Crippen LogP contribution in [-0.2, 0) is 11.3 Å². The number of aromatic nitrogens is 2. The van der Waals surface area contributed by atoms with Gasteiger partial charge in [-0.05, 0) is 61.1 Å². The molecule has 2 heterocycles. The summed E-state index contributed by atoms with van der Waals surface area (Å²) in [6.07, 6.45) is 5.86. The van der Waals surface area contributed by atoms with Crippen molar-refractivity contribution in [3.05, 3.63) is 83.9 Å². The van der Waals surface area contributed by atoms with Gasteiger partial charge in [0.05, 0.1) is 24.1 Å². The second-order valence-corrected chi connectivity index (χ2v) is 9.45. The molecule has 4 aromatic rings. The number of hydrogen-bond donors (Lipinski definition) is 2. The van der Waals surface area contributed by atoms with E-state index in [-0.39, 0.29) is 23.7 Å². The maximum absolute atomic E-state index is 14.6. The van der Waals surface area contributed by atoms with Crippen LogP contribution < -0.4 is 10.1 Å². The van der Waals surface area contributed by atoms with Crippen LogP contribution in [0, 0.1) is 11.7 Å². The summed E-state index contributed by atoms with van der Waals surface area (Å²) in [7, 11) is 1.58. The molecule has 0 aliphatic heterocycles. The van der Waals surface area contributed by atoms with E-state index in [1.54, 1.807) is 25.6 Å². The summed E-state index contributed by atoms with van der Waals surface area (Å²) in [6, 6.07) is 16.2. The summed E-state index contributed by atoms with van der Waals surface area (Å²) in [6.45, 7) is 0.470. The van der Waals surface area contributed by atoms with E-state index in [2.05, 4.69) is 10.3 Å². The fourth-order valence-electron chi connectivity index (χ4n) is 5.02. The number of carbonyl (C=O) groups excluding carboxylic acids is 1. The summed E-state index contributed by atoms with van der Waals surface area (Å²) in [5, 5.41) is 12.6. The van der Waals surface area contributed by atoms with Gasteiger partial charge in [0.25, 0.3) is 5.91 Å². The van der Waals surface area contributed by atoms with Gasteiger partial charge in [0.1, 0.15) is 5.82 Å². The predicted molar refractivity (Wildman–Crippen MR) is 138 cm³/mol. The van der Waals surface area contributed by atoms with E-state index in [9.17, 15) is 19.1 Å². The topological polar surface area (TPSA) is 93.5 Å². The number of fused-ring (bicyclic) bond motifs is 1. The van der Waals surface area contributed by atoms with E-state index >= 15 is 0 Å². The Kier molecular flexibility index (Phi) is 6.90. The van der Waals surface area contributed by atoms with Crippen LogP contribution in [0.1, 0.15) is 41.6 Å². The van der Waals surface area contributed by atoms with Crippen molar-refractivity contribution in [3.63, 3.8) is 0 Å². The molecule has 0 radical (unpaired) electrons. The van der Waals surface area contributed by atoms with E-state index in [0.717, 1.165) is 16.7 Å². The first-order valence-electron chi connectivity index (χ1n) is 12.3. The predicted octanol–water partition coefficient (Wildman–Crippen LogP) is 5.27. The molecule has 0 spiro atoms. The first-order valence-corrected chi connectivity index (χ1v) is 12.3. The van der Waals surface area contributed by atoms with E-state index < -0.39 is 5.97 Å². The number of pyridine rings is 1. The number of nitrogens with one attached hydrogen (secondary N) is 1. The number of rotatable bonds is 7. The highest BCUT2D eigenvalue weighted by molar-refractivity contribution is 6.06. The molecule has 0 unspecified atom stereocenters. The van der Waals surface area contributed by atoms with Crippen LogP contribution in [0.25, 0.3) is 22.0 Å². The largest absolute Gasteiger partial charge is 0.481 e. The van der Waals surface area contributed by atoms with Crippen LogP contribution in [0.3, 0.4) is 0 Å². The Hall–Kier alpha value is -4.20. The summed E-state index contributed by atoms with van der Waals surface area (Å²) < 4.78 is 21.6. The minimum atomic E-state index is -0.781. The zero-order valence-corrected chi connectivity index (χ0v) is 20.5. The quantitative estimate of drug-likeness (QED) is 0.360. The molecule has 0 bridgehead atoms. The van der Waals surface area contributed by atoms with Gasteiger partial charge in [0.15, 0.2) is 0 Å². The number of carboxylic acid groups (broad SMARTS) is 1. The lowest BCUT2D eigenvalue weighted by molar-refractivity contribution is -0.142. The van der Waals surface area contributed by atoms with Crippen LogP contribution in [0.2, 0.25) is 0 Å². The fraction of sp³-hybridized carbons (Fsp3) is 0.276. The van der Waals surface area contributed by atoms with Crippen molar-refractivity contribution >= 4 is 22.8 Å². The van der Waals surface area contributed by atoms with Gasteiger partial charge in [0, 0.05) is 42.0 Å². The molecular weight excluding hydrogens is 473 g/mol. The Balaban J connectivity index is 1.35. The Labute approximate surface area is 213 Å². The molecule has 1 saturated carbocycles. The number of hydrogen-bond acceptors (Lipinski definition) is 4. The van der Waals surface area contributed by atoms with Gasteiger partial charge < -0.3 is 19.7 Å². The van der Waals surface area contributed by atoms with Gasteiger partial charge in [-0.15, -0.1) is 0 Å². The standard InChI is InChI=1S/C29H28FN3O4/c1-37-26-13-8-21(16-31-26)19-4-2-18(3-5-19)17-33-15-14-23-25(30)12-11-24(27(23)33)28(34)32-22-9-6-20(7-10-22)29(35)36/h2-5,8,11-16,20,22H,6-7,9-10,17H2,1H3,(H,32,34)(H,35,36). The van der Waals surface area contributed by atoms with Crippen LogP contribution >= 0.6 is 0 Å². The van der Waals surface area contributed by atoms with Gasteiger partial charge in [-0.3, -0.25) is 9.59 Å². The molecule has 37 heavy (non-hydrogen) atoms. The van der Waals surface area contributed by atoms with Crippen molar-refractivity contribution in [1.29, 1.82) is 0 Å². The van der Waals surface area contributed by atoms with E-state index in [4.69, 9.17) is 4.74 Å². The third kappa shape index (κ3) is 5.18. The van der Waals surface area contributed by atoms with E-state index in [1.165, 1.54) is 12.1 Å². The van der Waals surface area contributed by atoms with Crippen molar-refractivity contribution in [1.82, 2.24) is 14.9 Å². The molecule has 1 aliphatic rings. The SMILES string of the molecule is COc1ccc(-c2ccc(Cn3ccc4c(F)ccc(C(=O)NC5CCC(C(=O)O)CC5)c43)cc2)cn1. The first kappa shape index (κ1) is 24.5. The van der Waals surface area contributed by atoms with Crippen molar-refractivity contribution in [3.8, 4) is 17.0 Å². The van der Waals surface area contributed by atoms with Crippen LogP contribution in [0.4, 0.5) is 4.39 Å². The Morgan fingerprint density at radius 2 is 1.76 bits per heavy atom. The van der Waals surface area contributed by atoms with Crippen LogP contribution in [0.15, 0.2) is 67.0 Å². The second kappa shape index (κ2) is 10.4. The second-order valence-electron chi connectivity index (χ2n) is 9.45. The smallest absolute Gasteiger partial charge is 0.306 e. The molecular formula is C29H28FN3O4. The van der Waals surface area contributed by atoms with Gasteiger partial charge in [-0.1, -0.05) is 24.3 Å². The number of amides is 1. The van der Waals surface area contributed by atoms with Crippen molar-refractivity contribution < 1.29 is 23.8 Å². The maximum atomic E-state index is 14.6. The highest BCUT2D eigenvalue weighted by Crippen LogP contribution is 2.28. The minimum Gasteiger partial charge on any atom is -0.481 e. The van der Waals surface area contributed by atoms with Gasteiger partial charge in [0.2, 0.25) is 5.88 Å². The molecule has 7 nitrogen and oxygen atoms in total. The van der Waals surface area contributed by atoms with Crippen molar-refractivity contribution in [2.24, 2.45) is 5.92 Å². The Morgan fingerprint density at radius 3 is 2.41 bits per heavy atom. The first-order chi connectivity index (χ1) is 17.9. The number of halogens is 1. The molecule has 0 saturated heterocycles. The lowest BCUT2D eigenvalue weighted by Crippen LogP contribution is -2.38. The van der Waals surface area contributed by atoms with Gasteiger partial charge >= 0.3 is 5.97 Å². The number of carbonyl (C=O) groups is 2. The zero-order chi connectivity index (χ0) is 25.9. The van der Waals surface area contributed by atoms with Crippen LogP contribution in [0.5, 0.6) is 5.88 Å². The number of ether oxygens (including phenoxy) is 1. The summed E-state index contributed by atoms with van der Waals surface area (Å²) >= 11 is 0. The highest BCUT2D eigenvalue weighted by Gasteiger charge is 2.27. The average molecular weight is 502 g/mol. The molecule has 1 fully saturated rings. The monoisotopic (exact) mass is 501 g/mol. The third-order valence-corrected chi connectivity index (χ3v) is 7.11. The Morgan fingerprint density at radius 1 is 1.03 bits per heavy atom. The van der Waals surface area contributed by atoms with Crippen molar-refractivity contribution in [2.75, 3.05) is 7.11 Å². The maximum Gasteiger partial charge on any atom is 0.306 e. The Bertz CT molecular complexity index is 1420. The van der Waals surface area contributed by atoms with Gasteiger partial charge in [-0.25, -0.2) is 9.37 Å². The lowest BCUT2D eigenvalue weighted by atomic mass is 9.86. The molecule has 2 aromatic carbocycles. The summed E-state index contributed by atoms with van der Waals surface area (Å²) in [5.74, 6) is -1.23. The molecule has 190 valence electrons. The minimum absolute atomic E-state index is 0.0911. The van der Waals surface area contributed by atoms with Gasteiger partial charge in [-0.2, -0.15) is 0 Å². The molecule has 2 N–H and O–H groups in total. The van der Waals surface area contributed by atoms with Crippen LogP contribution in [-0.4, -0.2) is 39.7 Å². The van der Waals surface area contributed by atoms with Crippen molar-refractivity contribution in [2.45, 2.75) is 38.3 Å². The van der Waals surface area contributed by atoms with E-state index in [0.29, 0.717) is 54.6 Å². The summed E-state index contributed by atoms with van der Waals surface area (Å²) in [4.78, 5) is 28.7. The zero-order valence-electron chi connectivity index (χ0n) is 20.5. The average Bonchev–Trinajstić information content (AvgIpc) is 3.34. The molecule has 5 rings (SSSR count). The fourth-order valence-corrected chi connectivity index (χ4v) is 5.02. The summed E-state index contributed by atoms with van der Waals surface area (Å²) in [5.41, 5.74) is 3.94. The van der Waals surface area contributed by atoms with E-state index in [1.807, 2.05) is 41.0 Å². The molecule has 8 heteroatoms. The highest BCUT2D eigenvalue weighted by atomic mass is 19.1. The normalized spacial score (nSPS) is 17.5. The molecule has 2 aromatic heterocycles. The number of methoxy groups -OCH3 is 1. The number of benzene rings is 2. The number of nitrogens with zero attached hydrogens (tertiary/aromatic N) is 2. The lowest BCUT2D eigenvalue weighted by Gasteiger charge is -2.27. The third-order valence-electron chi connectivity index (χ3n) is 7.11. The molecule has 1 amide bonds. The molecule has 0 atom stereocenters. The number of carboxylic acids is 1. The number of aliphatic carboxylic acids is 1. The molecule has 1 aliphatic carbocycles.